The van der Waals surface area contributed by atoms with Crippen molar-refractivity contribution in [3.8, 4) is 0 Å². The van der Waals surface area contributed by atoms with Gasteiger partial charge in [-0.25, -0.2) is 14.1 Å². The van der Waals surface area contributed by atoms with Gasteiger partial charge in [-0.1, -0.05) is 22.9 Å². The first-order valence-corrected chi connectivity index (χ1v) is 8.48. The number of H-pyrrole nitrogens is 1. The Morgan fingerprint density at radius 1 is 1.32 bits per heavy atom. The van der Waals surface area contributed by atoms with Crippen LogP contribution in [0.15, 0.2) is 23.0 Å². The van der Waals surface area contributed by atoms with Gasteiger partial charge in [0.15, 0.2) is 11.2 Å². The van der Waals surface area contributed by atoms with Crippen molar-refractivity contribution >= 4 is 22.8 Å². The molecule has 9 heteroatoms. The van der Waals surface area contributed by atoms with Gasteiger partial charge in [0.05, 0.1) is 6.54 Å². The SMILES string of the molecule is O=c1[nH]c(C2CCNCC2)nc2c1nnn2Cc1c(F)cccc1Cl. The van der Waals surface area contributed by atoms with Crippen LogP contribution in [0.1, 0.15) is 30.1 Å². The Morgan fingerprint density at radius 3 is 2.88 bits per heavy atom. The minimum Gasteiger partial charge on any atom is -0.317 e. The lowest BCUT2D eigenvalue weighted by atomic mass is 9.97. The maximum atomic E-state index is 14.1. The number of nitrogens with one attached hydrogen (secondary N) is 2. The van der Waals surface area contributed by atoms with Crippen LogP contribution in [0.5, 0.6) is 0 Å². The number of piperidine rings is 1. The molecule has 130 valence electrons. The van der Waals surface area contributed by atoms with Crippen LogP contribution in [0.25, 0.3) is 11.2 Å². The van der Waals surface area contributed by atoms with Crippen LogP contribution in [0, 0.1) is 5.82 Å². The standard InChI is InChI=1S/C16H16ClFN6O/c17-11-2-1-3-12(18)10(11)8-24-15-13(22-23-24)16(25)21-14(20-15)9-4-6-19-7-5-9/h1-3,9,19H,4-8H2,(H,20,21,25). The molecule has 0 bridgehead atoms. The summed E-state index contributed by atoms with van der Waals surface area (Å²) in [5.74, 6) is 0.375. The topological polar surface area (TPSA) is 88.5 Å². The molecule has 1 aliphatic heterocycles. The number of halogens is 2. The summed E-state index contributed by atoms with van der Waals surface area (Å²) in [4.78, 5) is 19.7. The monoisotopic (exact) mass is 362 g/mol. The molecule has 1 saturated heterocycles. The van der Waals surface area contributed by atoms with Crippen molar-refractivity contribution < 1.29 is 4.39 Å². The fourth-order valence-electron chi connectivity index (χ4n) is 3.11. The van der Waals surface area contributed by atoms with E-state index in [9.17, 15) is 9.18 Å². The Labute approximate surface area is 147 Å². The third-order valence-corrected chi connectivity index (χ3v) is 4.84. The largest absolute Gasteiger partial charge is 0.317 e. The number of hydrogen-bond donors (Lipinski definition) is 2. The van der Waals surface area contributed by atoms with Crippen LogP contribution >= 0.6 is 11.6 Å². The average Bonchev–Trinajstić information content (AvgIpc) is 3.02. The molecular formula is C16H16ClFN6O. The zero-order chi connectivity index (χ0) is 17.4. The smallest absolute Gasteiger partial charge is 0.281 e. The van der Waals surface area contributed by atoms with Crippen molar-refractivity contribution in [3.05, 3.63) is 50.8 Å². The highest BCUT2D eigenvalue weighted by Crippen LogP contribution is 2.23. The van der Waals surface area contributed by atoms with Crippen LogP contribution in [0.3, 0.4) is 0 Å². The van der Waals surface area contributed by atoms with Crippen LogP contribution in [0.4, 0.5) is 4.39 Å². The van der Waals surface area contributed by atoms with Gasteiger partial charge < -0.3 is 10.3 Å². The maximum Gasteiger partial charge on any atom is 0.281 e. The Morgan fingerprint density at radius 2 is 2.12 bits per heavy atom. The van der Waals surface area contributed by atoms with Gasteiger partial charge in [0.25, 0.3) is 5.56 Å². The number of aromatic nitrogens is 5. The third kappa shape index (κ3) is 3.03. The van der Waals surface area contributed by atoms with E-state index < -0.39 is 5.82 Å². The maximum absolute atomic E-state index is 14.1. The fraction of sp³-hybridized carbons (Fsp3) is 0.375. The lowest BCUT2D eigenvalue weighted by Gasteiger charge is -2.21. The van der Waals surface area contributed by atoms with Crippen molar-refractivity contribution in [2.24, 2.45) is 0 Å². The molecule has 7 nitrogen and oxygen atoms in total. The Kier molecular flexibility index (Phi) is 4.22. The fourth-order valence-corrected chi connectivity index (χ4v) is 3.33. The normalized spacial score (nSPS) is 15.8. The van der Waals surface area contributed by atoms with Gasteiger partial charge >= 0.3 is 0 Å². The van der Waals surface area contributed by atoms with Crippen molar-refractivity contribution in [1.82, 2.24) is 30.3 Å². The molecule has 3 aromatic rings. The van der Waals surface area contributed by atoms with Crippen molar-refractivity contribution in [2.45, 2.75) is 25.3 Å². The Balaban J connectivity index is 1.77. The molecule has 0 radical (unpaired) electrons. The molecule has 4 rings (SSSR count). The van der Waals surface area contributed by atoms with Crippen molar-refractivity contribution in [2.75, 3.05) is 13.1 Å². The predicted molar refractivity (Wildman–Crippen MR) is 91.3 cm³/mol. The zero-order valence-electron chi connectivity index (χ0n) is 13.3. The van der Waals surface area contributed by atoms with Gasteiger partial charge in [0, 0.05) is 16.5 Å². The van der Waals surface area contributed by atoms with E-state index in [1.807, 2.05) is 0 Å². The first-order chi connectivity index (χ1) is 12.1. The first kappa shape index (κ1) is 16.2. The summed E-state index contributed by atoms with van der Waals surface area (Å²) in [5.41, 5.74) is 0.452. The van der Waals surface area contributed by atoms with E-state index in [0.29, 0.717) is 22.1 Å². The molecule has 0 aliphatic carbocycles. The summed E-state index contributed by atoms with van der Waals surface area (Å²) in [6.45, 7) is 1.83. The molecular weight excluding hydrogens is 347 g/mol. The average molecular weight is 363 g/mol. The van der Waals surface area contributed by atoms with Gasteiger partial charge in [0.2, 0.25) is 0 Å². The van der Waals surface area contributed by atoms with Crippen molar-refractivity contribution in [1.29, 1.82) is 0 Å². The van der Waals surface area contributed by atoms with Gasteiger partial charge in [-0.2, -0.15) is 0 Å². The molecule has 3 heterocycles. The molecule has 1 aliphatic rings. The molecule has 0 amide bonds. The first-order valence-electron chi connectivity index (χ1n) is 8.10. The molecule has 0 spiro atoms. The van der Waals surface area contributed by atoms with E-state index in [4.69, 9.17) is 11.6 Å². The summed E-state index contributed by atoms with van der Waals surface area (Å²) in [5, 5.41) is 11.4. The minimum absolute atomic E-state index is 0.0596. The highest BCUT2D eigenvalue weighted by Gasteiger charge is 2.21. The number of benzene rings is 1. The lowest BCUT2D eigenvalue weighted by molar-refractivity contribution is 0.444. The third-order valence-electron chi connectivity index (χ3n) is 4.49. The van der Waals surface area contributed by atoms with E-state index in [2.05, 4.69) is 25.6 Å². The summed E-state index contributed by atoms with van der Waals surface area (Å²) in [7, 11) is 0. The summed E-state index contributed by atoms with van der Waals surface area (Å²) in [6.07, 6.45) is 1.80. The highest BCUT2D eigenvalue weighted by atomic mass is 35.5. The summed E-state index contributed by atoms with van der Waals surface area (Å²) >= 11 is 6.09. The second-order valence-corrected chi connectivity index (χ2v) is 6.50. The predicted octanol–water partition coefficient (Wildman–Crippen LogP) is 1.82. The highest BCUT2D eigenvalue weighted by molar-refractivity contribution is 6.31. The molecule has 2 N–H and O–H groups in total. The van der Waals surface area contributed by atoms with Gasteiger partial charge in [-0.3, -0.25) is 4.79 Å². The molecule has 1 aromatic carbocycles. The molecule has 2 aromatic heterocycles. The Bertz CT molecular complexity index is 958. The second kappa shape index (κ2) is 6.53. The molecule has 0 saturated carbocycles. The minimum atomic E-state index is -0.431. The van der Waals surface area contributed by atoms with E-state index in [1.54, 1.807) is 12.1 Å². The number of nitrogens with zero attached hydrogens (tertiary/aromatic N) is 4. The number of fused-ring (bicyclic) bond motifs is 1. The van der Waals surface area contributed by atoms with E-state index in [0.717, 1.165) is 25.9 Å². The Hall–Kier alpha value is -2.32. The number of aromatic amines is 1. The lowest BCUT2D eigenvalue weighted by Crippen LogP contribution is -2.28. The second-order valence-electron chi connectivity index (χ2n) is 6.09. The summed E-state index contributed by atoms with van der Waals surface area (Å²) < 4.78 is 15.5. The van der Waals surface area contributed by atoms with E-state index in [-0.39, 0.29) is 23.5 Å². The summed E-state index contributed by atoms with van der Waals surface area (Å²) in [6, 6.07) is 4.49. The van der Waals surface area contributed by atoms with Crippen molar-refractivity contribution in [3.63, 3.8) is 0 Å². The molecule has 0 atom stereocenters. The molecule has 1 fully saturated rings. The van der Waals surface area contributed by atoms with Gasteiger partial charge in [0.1, 0.15) is 11.6 Å². The quantitative estimate of drug-likeness (QED) is 0.742. The van der Waals surface area contributed by atoms with Crippen LogP contribution < -0.4 is 10.9 Å². The number of rotatable bonds is 3. The van der Waals surface area contributed by atoms with Crippen LogP contribution in [-0.4, -0.2) is 38.1 Å². The molecule has 0 unspecified atom stereocenters. The van der Waals surface area contributed by atoms with Gasteiger partial charge in [-0.05, 0) is 38.1 Å². The van der Waals surface area contributed by atoms with Gasteiger partial charge in [-0.15, -0.1) is 5.10 Å². The number of hydrogen-bond acceptors (Lipinski definition) is 5. The van der Waals surface area contributed by atoms with Crippen LogP contribution in [0.2, 0.25) is 5.02 Å². The van der Waals surface area contributed by atoms with Crippen LogP contribution in [-0.2, 0) is 6.54 Å². The van der Waals surface area contributed by atoms with E-state index >= 15 is 0 Å². The zero-order valence-corrected chi connectivity index (χ0v) is 14.1. The van der Waals surface area contributed by atoms with E-state index in [1.165, 1.54) is 10.7 Å². The molecule has 25 heavy (non-hydrogen) atoms.